The molecule has 2 bridgehead atoms. The first-order valence-corrected chi connectivity index (χ1v) is 5.04. The van der Waals surface area contributed by atoms with Crippen LogP contribution in [0.4, 0.5) is 0 Å². The Labute approximate surface area is 92.9 Å². The molecule has 84 valence electrons. The zero-order valence-electron chi connectivity index (χ0n) is 8.84. The van der Waals surface area contributed by atoms with E-state index in [2.05, 4.69) is 4.74 Å². The number of ether oxygens (including phenoxy) is 1. The maximum absolute atomic E-state index is 11.6. The molecule has 0 fully saturated rings. The predicted molar refractivity (Wildman–Crippen MR) is 56.6 cm³/mol. The molecule has 3 aliphatic rings. The average Bonchev–Trinajstić information content (AvgIpc) is 2.57. The molecule has 3 rings (SSSR count). The predicted octanol–water partition coefficient (Wildman–Crippen LogP) is 1.30. The van der Waals surface area contributed by atoms with Gasteiger partial charge in [-0.05, 0) is 12.3 Å². The number of rotatable bonds is 2. The summed E-state index contributed by atoms with van der Waals surface area (Å²) in [5.41, 5.74) is 0.416. The number of fused-ring (bicyclic) bond motifs is 1. The molecule has 0 aliphatic heterocycles. The molecule has 0 unspecified atom stereocenters. The van der Waals surface area contributed by atoms with Gasteiger partial charge in [0.25, 0.3) is 0 Å². The van der Waals surface area contributed by atoms with E-state index in [4.69, 9.17) is 5.11 Å². The molecule has 0 saturated carbocycles. The van der Waals surface area contributed by atoms with E-state index in [0.29, 0.717) is 6.42 Å². The van der Waals surface area contributed by atoms with Crippen LogP contribution in [0.3, 0.4) is 0 Å². The lowest BCUT2D eigenvalue weighted by atomic mass is 9.94. The Bertz CT molecular complexity index is 414. The van der Waals surface area contributed by atoms with E-state index in [1.807, 2.05) is 24.3 Å². The summed E-state index contributed by atoms with van der Waals surface area (Å²) in [7, 11) is 1.26. The van der Waals surface area contributed by atoms with E-state index in [1.165, 1.54) is 7.11 Å². The van der Waals surface area contributed by atoms with Gasteiger partial charge in [-0.1, -0.05) is 24.3 Å². The van der Waals surface area contributed by atoms with Crippen LogP contribution in [0, 0.1) is 11.8 Å². The van der Waals surface area contributed by atoms with Crippen LogP contribution in [-0.4, -0.2) is 24.2 Å². The van der Waals surface area contributed by atoms with Gasteiger partial charge < -0.3 is 9.84 Å². The minimum atomic E-state index is -1.04. The minimum absolute atomic E-state index is 0.0736. The first-order chi connectivity index (χ1) is 7.63. The molecule has 0 atom stereocenters. The van der Waals surface area contributed by atoms with E-state index >= 15 is 0 Å². The standard InChI is InChI=1S/C12H12O4/c1-16-12(15)10-8-4-2-7(3-5-8)6-9(10)11(13)14/h2-5,7-8H,6H2,1H3,(H,13,14). The molecule has 4 nitrogen and oxygen atoms in total. The molecule has 0 heterocycles. The highest BCUT2D eigenvalue weighted by molar-refractivity contribution is 6.01. The molecule has 0 saturated heterocycles. The molecule has 0 aromatic heterocycles. The molecule has 0 aromatic carbocycles. The molecule has 3 aliphatic carbocycles. The van der Waals surface area contributed by atoms with Crippen LogP contribution >= 0.6 is 0 Å². The second-order valence-electron chi connectivity index (χ2n) is 3.85. The smallest absolute Gasteiger partial charge is 0.335 e. The van der Waals surface area contributed by atoms with Gasteiger partial charge in [0.05, 0.1) is 12.7 Å². The summed E-state index contributed by atoms with van der Waals surface area (Å²) in [6, 6.07) is 0. The monoisotopic (exact) mass is 220 g/mol. The lowest BCUT2D eigenvalue weighted by molar-refractivity contribution is -0.138. The van der Waals surface area contributed by atoms with Crippen molar-refractivity contribution < 1.29 is 19.4 Å². The summed E-state index contributed by atoms with van der Waals surface area (Å²) in [6.45, 7) is 0. The number of carboxylic acids is 1. The zero-order valence-corrected chi connectivity index (χ0v) is 8.84. The number of carbonyl (C=O) groups is 2. The van der Waals surface area contributed by atoms with Gasteiger partial charge in [0.1, 0.15) is 0 Å². The summed E-state index contributed by atoms with van der Waals surface area (Å²) >= 11 is 0. The number of esters is 1. The SMILES string of the molecule is COC(=O)C1=C(C(=O)O)CC2C=CC1C=C2. The van der Waals surface area contributed by atoms with Crippen molar-refractivity contribution in [1.29, 1.82) is 0 Å². The summed E-state index contributed by atoms with van der Waals surface area (Å²) in [6.07, 6.45) is 7.93. The van der Waals surface area contributed by atoms with Gasteiger partial charge in [-0.15, -0.1) is 0 Å². The zero-order chi connectivity index (χ0) is 11.7. The molecule has 1 N–H and O–H groups in total. The fourth-order valence-corrected chi connectivity index (χ4v) is 2.10. The fourth-order valence-electron chi connectivity index (χ4n) is 2.10. The highest BCUT2D eigenvalue weighted by atomic mass is 16.5. The van der Waals surface area contributed by atoms with Crippen molar-refractivity contribution >= 4 is 11.9 Å². The van der Waals surface area contributed by atoms with Gasteiger partial charge >= 0.3 is 11.9 Å². The summed E-state index contributed by atoms with van der Waals surface area (Å²) < 4.78 is 4.65. The summed E-state index contributed by atoms with van der Waals surface area (Å²) in [5, 5.41) is 9.12. The van der Waals surface area contributed by atoms with Crippen molar-refractivity contribution in [2.24, 2.45) is 11.8 Å². The lowest BCUT2D eigenvalue weighted by Gasteiger charge is -2.12. The number of allylic oxidation sites excluding steroid dienone is 4. The van der Waals surface area contributed by atoms with Gasteiger partial charge in [-0.2, -0.15) is 0 Å². The van der Waals surface area contributed by atoms with Crippen LogP contribution in [0.15, 0.2) is 35.5 Å². The minimum Gasteiger partial charge on any atom is -0.478 e. The molecule has 0 amide bonds. The number of aliphatic carboxylic acids is 1. The Morgan fingerprint density at radius 2 is 1.94 bits per heavy atom. The maximum atomic E-state index is 11.6. The van der Waals surface area contributed by atoms with Crippen LogP contribution in [0.2, 0.25) is 0 Å². The topological polar surface area (TPSA) is 63.6 Å². The van der Waals surface area contributed by atoms with Crippen LogP contribution in [0.1, 0.15) is 6.42 Å². The van der Waals surface area contributed by atoms with Gasteiger partial charge in [0, 0.05) is 11.5 Å². The largest absolute Gasteiger partial charge is 0.478 e. The van der Waals surface area contributed by atoms with Crippen molar-refractivity contribution in [3.8, 4) is 0 Å². The normalized spacial score (nSPS) is 26.8. The van der Waals surface area contributed by atoms with E-state index in [-0.39, 0.29) is 23.0 Å². The van der Waals surface area contributed by atoms with Crippen molar-refractivity contribution in [2.75, 3.05) is 7.11 Å². The molecule has 0 spiro atoms. The Morgan fingerprint density at radius 1 is 1.31 bits per heavy atom. The van der Waals surface area contributed by atoms with Crippen molar-refractivity contribution in [3.63, 3.8) is 0 Å². The van der Waals surface area contributed by atoms with Crippen LogP contribution in [-0.2, 0) is 14.3 Å². The summed E-state index contributed by atoms with van der Waals surface area (Å²) in [5.74, 6) is -1.79. The van der Waals surface area contributed by atoms with Crippen molar-refractivity contribution in [2.45, 2.75) is 6.42 Å². The second-order valence-corrected chi connectivity index (χ2v) is 3.85. The van der Waals surface area contributed by atoms with Gasteiger partial charge in [-0.3, -0.25) is 0 Å². The van der Waals surface area contributed by atoms with Crippen molar-refractivity contribution in [1.82, 2.24) is 0 Å². The highest BCUT2D eigenvalue weighted by Gasteiger charge is 2.31. The third-order valence-electron chi connectivity index (χ3n) is 2.89. The third-order valence-corrected chi connectivity index (χ3v) is 2.89. The molecule has 4 heteroatoms. The first-order valence-electron chi connectivity index (χ1n) is 5.04. The van der Waals surface area contributed by atoms with Gasteiger partial charge in [0.15, 0.2) is 0 Å². The Morgan fingerprint density at radius 3 is 2.44 bits per heavy atom. The number of hydrogen-bond donors (Lipinski definition) is 1. The Hall–Kier alpha value is -1.84. The van der Waals surface area contributed by atoms with E-state index < -0.39 is 11.9 Å². The molecule has 0 radical (unpaired) electrons. The molecule has 16 heavy (non-hydrogen) atoms. The van der Waals surface area contributed by atoms with Crippen molar-refractivity contribution in [3.05, 3.63) is 35.5 Å². The number of hydrogen-bond acceptors (Lipinski definition) is 3. The van der Waals surface area contributed by atoms with E-state index in [9.17, 15) is 9.59 Å². The quantitative estimate of drug-likeness (QED) is 0.562. The van der Waals surface area contributed by atoms with Crippen LogP contribution in [0.5, 0.6) is 0 Å². The first kappa shape index (κ1) is 10.7. The Kier molecular flexibility index (Phi) is 2.64. The number of carboxylic acid groups (broad SMARTS) is 1. The van der Waals surface area contributed by atoms with E-state index in [1.54, 1.807) is 0 Å². The summed E-state index contributed by atoms with van der Waals surface area (Å²) in [4.78, 5) is 22.7. The second kappa shape index (κ2) is 3.96. The van der Waals surface area contributed by atoms with Gasteiger partial charge in [0.2, 0.25) is 0 Å². The fraction of sp³-hybridized carbons (Fsp3) is 0.333. The average molecular weight is 220 g/mol. The molecule has 0 aromatic rings. The maximum Gasteiger partial charge on any atom is 0.335 e. The number of carbonyl (C=O) groups excluding carboxylic acids is 1. The number of methoxy groups -OCH3 is 1. The van der Waals surface area contributed by atoms with Crippen LogP contribution in [0.25, 0.3) is 0 Å². The molecular formula is C12H12O4. The van der Waals surface area contributed by atoms with Crippen LogP contribution < -0.4 is 0 Å². The Balaban J connectivity index is 2.50. The highest BCUT2D eigenvalue weighted by Crippen LogP contribution is 2.34. The molecular weight excluding hydrogens is 208 g/mol. The van der Waals surface area contributed by atoms with Gasteiger partial charge in [-0.25, -0.2) is 9.59 Å². The third kappa shape index (κ3) is 1.66. The van der Waals surface area contributed by atoms with E-state index in [0.717, 1.165) is 0 Å². The lowest BCUT2D eigenvalue weighted by Crippen LogP contribution is -2.17.